The van der Waals surface area contributed by atoms with Gasteiger partial charge in [0.15, 0.2) is 0 Å². The number of hydrogen-bond donors (Lipinski definition) is 1. The van der Waals surface area contributed by atoms with Crippen LogP contribution < -0.4 is 5.32 Å². The van der Waals surface area contributed by atoms with E-state index in [1.165, 1.54) is 0 Å². The number of hydrogen-bond acceptors (Lipinski definition) is 3. The first kappa shape index (κ1) is 13.5. The lowest BCUT2D eigenvalue weighted by Gasteiger charge is -2.37. The molecule has 16 heavy (non-hydrogen) atoms. The van der Waals surface area contributed by atoms with Gasteiger partial charge in [-0.1, -0.05) is 6.92 Å². The number of nitrogens with zero attached hydrogens (tertiary/aromatic N) is 1. The molecule has 0 spiro atoms. The van der Waals surface area contributed by atoms with Gasteiger partial charge in [-0.25, -0.2) is 0 Å². The molecule has 0 aromatic rings. The molecular weight excluding hydrogens is 204 g/mol. The van der Waals surface area contributed by atoms with Gasteiger partial charge in [0.05, 0.1) is 0 Å². The predicted octanol–water partition coefficient (Wildman–Crippen LogP) is 1.01. The van der Waals surface area contributed by atoms with Crippen LogP contribution in [0.15, 0.2) is 0 Å². The molecule has 1 amide bonds. The number of ether oxygens (including phenoxy) is 1. The SMILES string of the molecule is CCNC1CCCN(C(=O)C(C)(C)OC)C1. The summed E-state index contributed by atoms with van der Waals surface area (Å²) in [5.74, 6) is 0.0950. The fourth-order valence-electron chi connectivity index (χ4n) is 2.08. The van der Waals surface area contributed by atoms with E-state index in [0.29, 0.717) is 6.04 Å². The first-order chi connectivity index (χ1) is 7.51. The number of carbonyl (C=O) groups is 1. The van der Waals surface area contributed by atoms with Crippen LogP contribution in [-0.2, 0) is 9.53 Å². The molecular formula is C12H24N2O2. The van der Waals surface area contributed by atoms with Crippen LogP contribution in [0, 0.1) is 0 Å². The van der Waals surface area contributed by atoms with Crippen molar-refractivity contribution in [3.63, 3.8) is 0 Å². The smallest absolute Gasteiger partial charge is 0.254 e. The average molecular weight is 228 g/mol. The largest absolute Gasteiger partial charge is 0.369 e. The fourth-order valence-corrected chi connectivity index (χ4v) is 2.08. The molecule has 0 aliphatic carbocycles. The molecule has 0 aromatic carbocycles. The standard InChI is InChI=1S/C12H24N2O2/c1-5-13-10-7-6-8-14(9-10)11(15)12(2,3)16-4/h10,13H,5-9H2,1-4H3. The first-order valence-corrected chi connectivity index (χ1v) is 6.09. The Hall–Kier alpha value is -0.610. The van der Waals surface area contributed by atoms with Crippen molar-refractivity contribution in [1.82, 2.24) is 10.2 Å². The molecule has 1 rings (SSSR count). The van der Waals surface area contributed by atoms with E-state index < -0.39 is 5.60 Å². The lowest BCUT2D eigenvalue weighted by atomic mass is 10.0. The minimum Gasteiger partial charge on any atom is -0.369 e. The summed E-state index contributed by atoms with van der Waals surface area (Å²) in [6.45, 7) is 8.37. The van der Waals surface area contributed by atoms with Crippen LogP contribution in [0.3, 0.4) is 0 Å². The van der Waals surface area contributed by atoms with E-state index >= 15 is 0 Å². The van der Waals surface area contributed by atoms with Crippen molar-refractivity contribution >= 4 is 5.91 Å². The van der Waals surface area contributed by atoms with Crippen LogP contribution >= 0.6 is 0 Å². The number of rotatable bonds is 4. The van der Waals surface area contributed by atoms with Gasteiger partial charge < -0.3 is 15.0 Å². The third-order valence-corrected chi connectivity index (χ3v) is 3.23. The number of amides is 1. The van der Waals surface area contributed by atoms with Crippen molar-refractivity contribution in [3.05, 3.63) is 0 Å². The van der Waals surface area contributed by atoms with Gasteiger partial charge in [0.1, 0.15) is 5.60 Å². The zero-order valence-electron chi connectivity index (χ0n) is 10.9. The Balaban J connectivity index is 2.56. The Kier molecular flexibility index (Phi) is 4.74. The molecule has 1 unspecified atom stereocenters. The Morgan fingerprint density at radius 2 is 2.25 bits per heavy atom. The van der Waals surface area contributed by atoms with Crippen LogP contribution in [0.4, 0.5) is 0 Å². The second kappa shape index (κ2) is 5.64. The maximum atomic E-state index is 12.2. The van der Waals surface area contributed by atoms with Crippen LogP contribution in [0.1, 0.15) is 33.6 Å². The van der Waals surface area contributed by atoms with Gasteiger partial charge in [-0.3, -0.25) is 4.79 Å². The Morgan fingerprint density at radius 3 is 2.81 bits per heavy atom. The summed E-state index contributed by atoms with van der Waals surface area (Å²) in [7, 11) is 1.59. The quantitative estimate of drug-likeness (QED) is 0.781. The van der Waals surface area contributed by atoms with Gasteiger partial charge >= 0.3 is 0 Å². The van der Waals surface area contributed by atoms with Crippen LogP contribution in [0.2, 0.25) is 0 Å². The summed E-state index contributed by atoms with van der Waals surface area (Å²) in [6, 6.07) is 0.440. The normalized spacial score (nSPS) is 22.2. The van der Waals surface area contributed by atoms with Gasteiger partial charge in [-0.2, -0.15) is 0 Å². The zero-order chi connectivity index (χ0) is 12.2. The number of likely N-dealkylation sites (N-methyl/N-ethyl adjacent to an activating group) is 1. The number of carbonyl (C=O) groups excluding carboxylic acids is 1. The maximum absolute atomic E-state index is 12.2. The van der Waals surface area contributed by atoms with Crippen molar-refractivity contribution in [2.45, 2.75) is 45.3 Å². The van der Waals surface area contributed by atoms with Crippen LogP contribution in [-0.4, -0.2) is 49.2 Å². The van der Waals surface area contributed by atoms with Gasteiger partial charge in [-0.05, 0) is 33.2 Å². The predicted molar refractivity (Wildman–Crippen MR) is 64.4 cm³/mol. The molecule has 4 heteroatoms. The lowest BCUT2D eigenvalue weighted by molar-refractivity contribution is -0.152. The number of methoxy groups -OCH3 is 1. The summed E-state index contributed by atoms with van der Waals surface area (Å²) in [4.78, 5) is 14.1. The fraction of sp³-hybridized carbons (Fsp3) is 0.917. The summed E-state index contributed by atoms with van der Waals surface area (Å²) >= 11 is 0. The van der Waals surface area contributed by atoms with Crippen molar-refractivity contribution < 1.29 is 9.53 Å². The van der Waals surface area contributed by atoms with Gasteiger partial charge in [0.2, 0.25) is 0 Å². The summed E-state index contributed by atoms with van der Waals surface area (Å²) in [5.41, 5.74) is -0.700. The lowest BCUT2D eigenvalue weighted by Crippen LogP contribution is -2.53. The average Bonchev–Trinajstić information content (AvgIpc) is 2.29. The van der Waals surface area contributed by atoms with Crippen molar-refractivity contribution in [2.75, 3.05) is 26.7 Å². The van der Waals surface area contributed by atoms with E-state index in [1.54, 1.807) is 7.11 Å². The van der Waals surface area contributed by atoms with Crippen LogP contribution in [0.5, 0.6) is 0 Å². The number of likely N-dealkylation sites (tertiary alicyclic amines) is 1. The molecule has 0 aromatic heterocycles. The molecule has 1 fully saturated rings. The highest BCUT2D eigenvalue weighted by molar-refractivity contribution is 5.84. The van der Waals surface area contributed by atoms with E-state index in [9.17, 15) is 4.79 Å². The van der Waals surface area contributed by atoms with Crippen molar-refractivity contribution in [2.24, 2.45) is 0 Å². The number of piperidine rings is 1. The van der Waals surface area contributed by atoms with E-state index in [-0.39, 0.29) is 5.91 Å². The van der Waals surface area contributed by atoms with E-state index in [4.69, 9.17) is 4.74 Å². The van der Waals surface area contributed by atoms with Gasteiger partial charge in [0, 0.05) is 26.2 Å². The van der Waals surface area contributed by atoms with Crippen LogP contribution in [0.25, 0.3) is 0 Å². The van der Waals surface area contributed by atoms with Crippen molar-refractivity contribution in [3.8, 4) is 0 Å². The maximum Gasteiger partial charge on any atom is 0.254 e. The molecule has 1 saturated heterocycles. The molecule has 0 bridgehead atoms. The second-order valence-electron chi connectivity index (χ2n) is 4.86. The highest BCUT2D eigenvalue weighted by atomic mass is 16.5. The van der Waals surface area contributed by atoms with Crippen molar-refractivity contribution in [1.29, 1.82) is 0 Å². The summed E-state index contributed by atoms with van der Waals surface area (Å²) < 4.78 is 5.24. The summed E-state index contributed by atoms with van der Waals surface area (Å²) in [5, 5.41) is 3.40. The van der Waals surface area contributed by atoms with Gasteiger partial charge in [-0.15, -0.1) is 0 Å². The summed E-state index contributed by atoms with van der Waals surface area (Å²) in [6.07, 6.45) is 2.23. The van der Waals surface area contributed by atoms with E-state index in [0.717, 1.165) is 32.5 Å². The van der Waals surface area contributed by atoms with E-state index in [1.807, 2.05) is 18.7 Å². The Labute approximate surface area is 98.3 Å². The Bertz CT molecular complexity index is 239. The Morgan fingerprint density at radius 1 is 1.56 bits per heavy atom. The molecule has 1 aliphatic heterocycles. The highest BCUT2D eigenvalue weighted by Gasteiger charge is 2.34. The molecule has 4 nitrogen and oxygen atoms in total. The molecule has 1 N–H and O–H groups in total. The van der Waals surface area contributed by atoms with E-state index in [2.05, 4.69) is 12.2 Å². The zero-order valence-corrected chi connectivity index (χ0v) is 10.9. The molecule has 0 saturated carbocycles. The molecule has 94 valence electrons. The highest BCUT2D eigenvalue weighted by Crippen LogP contribution is 2.17. The minimum atomic E-state index is -0.700. The topological polar surface area (TPSA) is 41.6 Å². The monoisotopic (exact) mass is 228 g/mol. The molecule has 1 heterocycles. The first-order valence-electron chi connectivity index (χ1n) is 6.09. The third-order valence-electron chi connectivity index (χ3n) is 3.23. The molecule has 1 atom stereocenters. The molecule has 1 aliphatic rings. The minimum absolute atomic E-state index is 0.0950. The number of nitrogens with one attached hydrogen (secondary N) is 1. The third kappa shape index (κ3) is 3.19. The molecule has 0 radical (unpaired) electrons. The van der Waals surface area contributed by atoms with Gasteiger partial charge in [0.25, 0.3) is 5.91 Å². The second-order valence-corrected chi connectivity index (χ2v) is 4.86.